The van der Waals surface area contributed by atoms with Crippen LogP contribution in [0, 0.1) is 6.92 Å². The van der Waals surface area contributed by atoms with E-state index in [0.717, 1.165) is 46.4 Å². The third kappa shape index (κ3) is 3.99. The lowest BCUT2D eigenvalue weighted by Crippen LogP contribution is -2.33. The summed E-state index contributed by atoms with van der Waals surface area (Å²) in [4.78, 5) is 15.2. The van der Waals surface area contributed by atoms with Gasteiger partial charge in [0, 0.05) is 30.5 Å². The number of hydrogen-bond acceptors (Lipinski definition) is 4. The molecule has 0 bridgehead atoms. The van der Waals surface area contributed by atoms with Crippen LogP contribution in [0.3, 0.4) is 0 Å². The van der Waals surface area contributed by atoms with Crippen LogP contribution in [0.5, 0.6) is 5.75 Å². The number of hydrogen-bond donors (Lipinski definition) is 0. The lowest BCUT2D eigenvalue weighted by Gasteiger charge is -2.29. The zero-order valence-electron chi connectivity index (χ0n) is 17.6. The van der Waals surface area contributed by atoms with Gasteiger partial charge in [-0.3, -0.25) is 4.90 Å². The fourth-order valence-corrected chi connectivity index (χ4v) is 4.29. The second kappa shape index (κ2) is 8.40. The van der Waals surface area contributed by atoms with Gasteiger partial charge in [0.05, 0.1) is 5.56 Å². The van der Waals surface area contributed by atoms with E-state index in [1.54, 1.807) is 0 Å². The van der Waals surface area contributed by atoms with Gasteiger partial charge in [0.2, 0.25) is 0 Å². The molecule has 0 saturated heterocycles. The number of aryl methyl sites for hydroxylation is 1. The van der Waals surface area contributed by atoms with E-state index in [2.05, 4.69) is 29.2 Å². The first-order valence-electron chi connectivity index (χ1n) is 10.7. The maximum Gasteiger partial charge on any atom is 0.340 e. The van der Waals surface area contributed by atoms with Crippen molar-refractivity contribution < 1.29 is 9.15 Å². The molecule has 1 aliphatic rings. The Morgan fingerprint density at radius 3 is 2.35 bits per heavy atom. The summed E-state index contributed by atoms with van der Waals surface area (Å²) in [7, 11) is 0. The second-order valence-corrected chi connectivity index (χ2v) is 8.14. The minimum atomic E-state index is -0.260. The van der Waals surface area contributed by atoms with Gasteiger partial charge in [-0.05, 0) is 42.2 Å². The van der Waals surface area contributed by atoms with Gasteiger partial charge in [0.15, 0.2) is 0 Å². The van der Waals surface area contributed by atoms with E-state index in [1.165, 1.54) is 5.56 Å². The average Bonchev–Trinajstić information content (AvgIpc) is 2.81. The van der Waals surface area contributed by atoms with Gasteiger partial charge < -0.3 is 9.15 Å². The van der Waals surface area contributed by atoms with Crippen LogP contribution in [-0.4, -0.2) is 18.2 Å². The molecule has 0 aliphatic carbocycles. The van der Waals surface area contributed by atoms with Gasteiger partial charge in [-0.25, -0.2) is 4.79 Å². The highest BCUT2D eigenvalue weighted by atomic mass is 16.5. The topological polar surface area (TPSA) is 42.7 Å². The molecule has 1 aromatic heterocycles. The largest absolute Gasteiger partial charge is 0.478 e. The minimum absolute atomic E-state index is 0.260. The Labute approximate surface area is 181 Å². The summed E-state index contributed by atoms with van der Waals surface area (Å²) in [5.41, 5.74) is 5.47. The average molecular weight is 412 g/mol. The normalized spacial score (nSPS) is 13.7. The maximum absolute atomic E-state index is 12.9. The molecule has 0 saturated carbocycles. The van der Waals surface area contributed by atoms with E-state index < -0.39 is 0 Å². The first kappa shape index (κ1) is 19.6. The molecule has 4 aromatic rings. The van der Waals surface area contributed by atoms with Gasteiger partial charge in [0.25, 0.3) is 0 Å². The predicted molar refractivity (Wildman–Crippen MR) is 123 cm³/mol. The van der Waals surface area contributed by atoms with E-state index in [4.69, 9.17) is 9.15 Å². The first-order valence-corrected chi connectivity index (χ1v) is 10.7. The summed E-state index contributed by atoms with van der Waals surface area (Å²) in [6, 6.07) is 24.5. The fraction of sp³-hybridized carbons (Fsp3) is 0.222. The van der Waals surface area contributed by atoms with Crippen LogP contribution in [-0.2, 0) is 19.4 Å². The molecule has 0 amide bonds. The van der Waals surface area contributed by atoms with Crippen LogP contribution in [0.15, 0.2) is 82.0 Å². The summed E-state index contributed by atoms with van der Waals surface area (Å²) in [6.07, 6.45) is 1.52. The maximum atomic E-state index is 12.9. The third-order valence-electron chi connectivity index (χ3n) is 6.08. The van der Waals surface area contributed by atoms with E-state index in [1.807, 2.05) is 55.5 Å². The van der Waals surface area contributed by atoms with E-state index >= 15 is 0 Å². The number of fused-ring (bicyclic) bond motifs is 3. The number of ether oxygens (including phenoxy) is 1. The van der Waals surface area contributed by atoms with Crippen molar-refractivity contribution in [2.75, 3.05) is 13.3 Å². The van der Waals surface area contributed by atoms with Crippen molar-refractivity contribution in [1.82, 2.24) is 4.90 Å². The predicted octanol–water partition coefficient (Wildman–Crippen LogP) is 5.09. The molecule has 31 heavy (non-hydrogen) atoms. The fourth-order valence-electron chi connectivity index (χ4n) is 4.29. The van der Waals surface area contributed by atoms with E-state index in [-0.39, 0.29) is 5.63 Å². The molecular formula is C27H25NO3. The highest BCUT2D eigenvalue weighted by Gasteiger charge is 2.23. The zero-order valence-corrected chi connectivity index (χ0v) is 17.6. The molecule has 4 heteroatoms. The quantitative estimate of drug-likeness (QED) is 0.429. The zero-order chi connectivity index (χ0) is 21.2. The van der Waals surface area contributed by atoms with Crippen molar-refractivity contribution >= 4 is 11.0 Å². The lowest BCUT2D eigenvalue weighted by molar-refractivity contribution is 0.0968. The molecule has 0 radical (unpaired) electrons. The molecule has 5 rings (SSSR count). The number of rotatable bonds is 5. The smallest absolute Gasteiger partial charge is 0.340 e. The molecule has 156 valence electrons. The SMILES string of the molecule is Cc1c(Cc2ccccc2)c(=O)oc2c3c(ccc12)OCN(CCc1ccccc1)C3. The Bertz CT molecular complexity index is 1260. The van der Waals surface area contributed by atoms with E-state index in [9.17, 15) is 4.79 Å². The first-order chi connectivity index (χ1) is 15.2. The van der Waals surface area contributed by atoms with Gasteiger partial charge in [0.1, 0.15) is 18.1 Å². The van der Waals surface area contributed by atoms with Gasteiger partial charge in [-0.1, -0.05) is 60.7 Å². The monoisotopic (exact) mass is 411 g/mol. The summed E-state index contributed by atoms with van der Waals surface area (Å²) in [5, 5.41) is 0.984. The van der Waals surface area contributed by atoms with Crippen molar-refractivity contribution in [3.05, 3.63) is 111 Å². The van der Waals surface area contributed by atoms with Crippen LogP contribution in [0.2, 0.25) is 0 Å². The van der Waals surface area contributed by atoms with Gasteiger partial charge >= 0.3 is 5.63 Å². The van der Waals surface area contributed by atoms with Crippen molar-refractivity contribution in [3.63, 3.8) is 0 Å². The van der Waals surface area contributed by atoms with Crippen molar-refractivity contribution in [2.45, 2.75) is 26.3 Å². The molecule has 0 spiro atoms. The Kier molecular flexibility index (Phi) is 5.31. The third-order valence-corrected chi connectivity index (χ3v) is 6.08. The Hall–Kier alpha value is -3.37. The molecule has 0 atom stereocenters. The van der Waals surface area contributed by atoms with Crippen LogP contribution >= 0.6 is 0 Å². The lowest BCUT2D eigenvalue weighted by atomic mass is 9.97. The molecule has 3 aromatic carbocycles. The number of nitrogens with zero attached hydrogens (tertiary/aromatic N) is 1. The van der Waals surface area contributed by atoms with Crippen molar-refractivity contribution in [2.24, 2.45) is 0 Å². The van der Waals surface area contributed by atoms with Crippen LogP contribution in [0.25, 0.3) is 11.0 Å². The van der Waals surface area contributed by atoms with Gasteiger partial charge in [-0.15, -0.1) is 0 Å². The van der Waals surface area contributed by atoms with Crippen molar-refractivity contribution in [1.29, 1.82) is 0 Å². The summed E-state index contributed by atoms with van der Waals surface area (Å²) in [5.74, 6) is 0.807. The van der Waals surface area contributed by atoms with Crippen LogP contribution in [0.1, 0.15) is 27.8 Å². The Morgan fingerprint density at radius 1 is 0.903 bits per heavy atom. The second-order valence-electron chi connectivity index (χ2n) is 8.14. The minimum Gasteiger partial charge on any atom is -0.478 e. The summed E-state index contributed by atoms with van der Waals surface area (Å²) in [6.45, 7) is 4.15. The molecule has 0 unspecified atom stereocenters. The molecule has 4 nitrogen and oxygen atoms in total. The molecule has 1 aliphatic heterocycles. The molecule has 0 N–H and O–H groups in total. The summed E-state index contributed by atoms with van der Waals surface area (Å²) >= 11 is 0. The number of benzene rings is 3. The highest BCUT2D eigenvalue weighted by molar-refractivity contribution is 5.86. The van der Waals surface area contributed by atoms with Crippen LogP contribution < -0.4 is 10.4 Å². The molecular weight excluding hydrogens is 386 g/mol. The van der Waals surface area contributed by atoms with Crippen LogP contribution in [0.4, 0.5) is 0 Å². The van der Waals surface area contributed by atoms with Crippen molar-refractivity contribution in [3.8, 4) is 5.75 Å². The standard InChI is InChI=1S/C27H25NO3/c1-19-22-12-13-25-24(17-28(18-30-25)15-14-20-8-4-2-5-9-20)26(22)31-27(29)23(19)16-21-10-6-3-7-11-21/h2-13H,14-18H2,1H3. The molecule has 2 heterocycles. The Balaban J connectivity index is 1.45. The van der Waals surface area contributed by atoms with Gasteiger partial charge in [-0.2, -0.15) is 0 Å². The Morgan fingerprint density at radius 2 is 1.61 bits per heavy atom. The molecule has 0 fully saturated rings. The highest BCUT2D eigenvalue weighted by Crippen LogP contribution is 2.34. The summed E-state index contributed by atoms with van der Waals surface area (Å²) < 4.78 is 11.9. The van der Waals surface area contributed by atoms with E-state index in [0.29, 0.717) is 25.3 Å².